The zero-order valence-electron chi connectivity index (χ0n) is 12.3. The topological polar surface area (TPSA) is 47.6 Å². The Bertz CT molecular complexity index is 832. The van der Waals surface area contributed by atoms with E-state index in [1.807, 2.05) is 0 Å². The van der Waals surface area contributed by atoms with Gasteiger partial charge >= 0.3 is 6.18 Å². The van der Waals surface area contributed by atoms with E-state index in [9.17, 15) is 18.0 Å². The van der Waals surface area contributed by atoms with Crippen molar-refractivity contribution in [2.24, 2.45) is 0 Å². The Labute approximate surface area is 135 Å². The summed E-state index contributed by atoms with van der Waals surface area (Å²) in [7, 11) is 0. The van der Waals surface area contributed by atoms with Crippen LogP contribution in [0.1, 0.15) is 29.0 Å². The second kappa shape index (κ2) is 5.15. The van der Waals surface area contributed by atoms with E-state index in [1.54, 1.807) is 18.2 Å². The average Bonchev–Trinajstić information content (AvgIpc) is 2.98. The third-order valence-electron chi connectivity index (χ3n) is 4.23. The number of fused-ring (bicyclic) bond motifs is 2. The number of alkyl halides is 3. The molecule has 4 rings (SSSR count). The van der Waals surface area contributed by atoms with E-state index in [0.29, 0.717) is 22.7 Å². The Morgan fingerprint density at radius 3 is 2.50 bits per heavy atom. The van der Waals surface area contributed by atoms with Crippen molar-refractivity contribution in [3.8, 4) is 11.5 Å². The van der Waals surface area contributed by atoms with Gasteiger partial charge in [0.2, 0.25) is 12.7 Å². The first-order chi connectivity index (χ1) is 11.4. The molecule has 1 amide bonds. The molecule has 0 aliphatic carbocycles. The third kappa shape index (κ3) is 2.36. The van der Waals surface area contributed by atoms with Crippen LogP contribution in [0.25, 0.3) is 0 Å². The number of hydrogen-bond acceptors (Lipinski definition) is 3. The summed E-state index contributed by atoms with van der Waals surface area (Å²) in [4.78, 5) is 12.0. The lowest BCUT2D eigenvalue weighted by molar-refractivity contribution is -0.138. The Balaban J connectivity index is 1.88. The van der Waals surface area contributed by atoms with Gasteiger partial charge in [0, 0.05) is 24.1 Å². The highest BCUT2D eigenvalue weighted by Crippen LogP contribution is 2.47. The van der Waals surface area contributed by atoms with E-state index in [1.165, 1.54) is 12.1 Å². The van der Waals surface area contributed by atoms with Gasteiger partial charge in [0.05, 0.1) is 5.56 Å². The molecule has 0 spiro atoms. The summed E-state index contributed by atoms with van der Waals surface area (Å²) in [5.41, 5.74) is 0.404. The van der Waals surface area contributed by atoms with Gasteiger partial charge in [-0.3, -0.25) is 4.79 Å². The lowest BCUT2D eigenvalue weighted by atomic mass is 9.82. The van der Waals surface area contributed by atoms with Crippen molar-refractivity contribution < 1.29 is 27.4 Å². The van der Waals surface area contributed by atoms with Crippen LogP contribution in [0.4, 0.5) is 18.9 Å². The summed E-state index contributed by atoms with van der Waals surface area (Å²) in [5, 5.41) is 2.69. The maximum atomic E-state index is 13.4. The third-order valence-corrected chi connectivity index (χ3v) is 4.23. The van der Waals surface area contributed by atoms with Gasteiger partial charge in [0.1, 0.15) is 0 Å². The zero-order chi connectivity index (χ0) is 16.9. The van der Waals surface area contributed by atoms with Crippen LogP contribution in [-0.2, 0) is 11.0 Å². The number of carbonyl (C=O) groups is 1. The number of rotatable bonds is 1. The van der Waals surface area contributed by atoms with Crippen LogP contribution in [0.5, 0.6) is 11.5 Å². The predicted molar refractivity (Wildman–Crippen MR) is 79.1 cm³/mol. The number of hydrogen-bond donors (Lipinski definition) is 1. The molecule has 2 aromatic carbocycles. The number of ether oxygens (including phenoxy) is 2. The molecule has 0 saturated heterocycles. The van der Waals surface area contributed by atoms with Gasteiger partial charge < -0.3 is 14.8 Å². The van der Waals surface area contributed by atoms with Gasteiger partial charge in [-0.25, -0.2) is 0 Å². The highest BCUT2D eigenvalue weighted by Gasteiger charge is 2.38. The van der Waals surface area contributed by atoms with Crippen LogP contribution in [0.15, 0.2) is 36.4 Å². The molecule has 7 heteroatoms. The van der Waals surface area contributed by atoms with Crippen LogP contribution in [-0.4, -0.2) is 12.7 Å². The summed E-state index contributed by atoms with van der Waals surface area (Å²) < 4.78 is 50.6. The van der Waals surface area contributed by atoms with Crippen molar-refractivity contribution in [2.75, 3.05) is 12.1 Å². The first-order valence-electron chi connectivity index (χ1n) is 7.33. The number of carbonyl (C=O) groups excluding carboxylic acids is 1. The second-order valence-electron chi connectivity index (χ2n) is 5.68. The summed E-state index contributed by atoms with van der Waals surface area (Å²) in [6.45, 7) is 0.0516. The molecule has 0 bridgehead atoms. The summed E-state index contributed by atoms with van der Waals surface area (Å²) in [6, 6.07) is 8.58. The zero-order valence-corrected chi connectivity index (χ0v) is 12.3. The summed E-state index contributed by atoms with van der Waals surface area (Å²) in [5.74, 6) is -0.0809. The molecule has 0 fully saturated rings. The smallest absolute Gasteiger partial charge is 0.416 e. The van der Waals surface area contributed by atoms with Crippen molar-refractivity contribution in [2.45, 2.75) is 18.5 Å². The molecule has 1 N–H and O–H groups in total. The minimum atomic E-state index is -4.49. The van der Waals surface area contributed by atoms with Crippen molar-refractivity contribution >= 4 is 11.6 Å². The number of halogens is 3. The van der Waals surface area contributed by atoms with E-state index in [0.717, 1.165) is 6.07 Å². The standard InChI is InChI=1S/C17H12F3NO3/c18-17(19,20)12-4-2-1-3-9(12)10-6-16(22)21-13-7-15-14(5-11(10)13)23-8-24-15/h1-5,7,10H,6,8H2,(H,21,22). The maximum absolute atomic E-state index is 13.4. The Kier molecular flexibility index (Phi) is 3.19. The number of anilines is 1. The molecular weight excluding hydrogens is 323 g/mol. The lowest BCUT2D eigenvalue weighted by Crippen LogP contribution is -2.25. The molecule has 124 valence electrons. The minimum absolute atomic E-state index is 0.0516. The van der Waals surface area contributed by atoms with E-state index in [2.05, 4.69) is 5.32 Å². The fourth-order valence-electron chi connectivity index (χ4n) is 3.19. The fraction of sp³-hybridized carbons (Fsp3) is 0.235. The Morgan fingerprint density at radius 2 is 1.75 bits per heavy atom. The molecule has 2 aliphatic rings. The molecule has 4 nitrogen and oxygen atoms in total. The normalized spacial score (nSPS) is 19.0. The monoisotopic (exact) mass is 335 g/mol. The molecular formula is C17H12F3NO3. The van der Waals surface area contributed by atoms with Gasteiger partial charge in [-0.05, 0) is 23.3 Å². The van der Waals surface area contributed by atoms with E-state index < -0.39 is 17.7 Å². The van der Waals surface area contributed by atoms with Crippen LogP contribution in [0.3, 0.4) is 0 Å². The van der Waals surface area contributed by atoms with Gasteiger partial charge in [0.25, 0.3) is 0 Å². The highest BCUT2D eigenvalue weighted by atomic mass is 19.4. The van der Waals surface area contributed by atoms with Gasteiger partial charge in [-0.15, -0.1) is 0 Å². The molecule has 2 aromatic rings. The molecule has 0 saturated carbocycles. The van der Waals surface area contributed by atoms with Gasteiger partial charge in [-0.1, -0.05) is 18.2 Å². The van der Waals surface area contributed by atoms with Gasteiger partial charge in [-0.2, -0.15) is 13.2 Å². The lowest BCUT2D eigenvalue weighted by Gasteiger charge is -2.28. The Morgan fingerprint density at radius 1 is 1.04 bits per heavy atom. The van der Waals surface area contributed by atoms with E-state index in [4.69, 9.17) is 9.47 Å². The second-order valence-corrected chi connectivity index (χ2v) is 5.68. The SMILES string of the molecule is O=C1CC(c2ccccc2C(F)(F)F)c2cc3c(cc2N1)OCO3. The largest absolute Gasteiger partial charge is 0.454 e. The van der Waals surface area contributed by atoms with Crippen molar-refractivity contribution in [1.82, 2.24) is 0 Å². The van der Waals surface area contributed by atoms with E-state index in [-0.39, 0.29) is 24.7 Å². The minimum Gasteiger partial charge on any atom is -0.454 e. The molecule has 24 heavy (non-hydrogen) atoms. The maximum Gasteiger partial charge on any atom is 0.416 e. The first-order valence-corrected chi connectivity index (χ1v) is 7.33. The van der Waals surface area contributed by atoms with Crippen molar-refractivity contribution in [3.05, 3.63) is 53.1 Å². The number of nitrogens with one attached hydrogen (secondary N) is 1. The average molecular weight is 335 g/mol. The summed E-state index contributed by atoms with van der Waals surface area (Å²) in [6.07, 6.45) is -4.54. The molecule has 1 unspecified atom stereocenters. The van der Waals surface area contributed by atoms with Crippen LogP contribution in [0.2, 0.25) is 0 Å². The van der Waals surface area contributed by atoms with Crippen LogP contribution >= 0.6 is 0 Å². The molecule has 1 atom stereocenters. The van der Waals surface area contributed by atoms with Crippen molar-refractivity contribution in [1.29, 1.82) is 0 Å². The van der Waals surface area contributed by atoms with Crippen molar-refractivity contribution in [3.63, 3.8) is 0 Å². The highest BCUT2D eigenvalue weighted by molar-refractivity contribution is 5.96. The van der Waals surface area contributed by atoms with Gasteiger partial charge in [0.15, 0.2) is 11.5 Å². The van der Waals surface area contributed by atoms with E-state index >= 15 is 0 Å². The number of amides is 1. The first kappa shape index (κ1) is 14.9. The van der Waals surface area contributed by atoms with Crippen LogP contribution in [0, 0.1) is 0 Å². The Hall–Kier alpha value is -2.70. The molecule has 0 aromatic heterocycles. The predicted octanol–water partition coefficient (Wildman–Crippen LogP) is 3.91. The molecule has 2 heterocycles. The summed E-state index contributed by atoms with van der Waals surface area (Å²) >= 11 is 0. The molecule has 0 radical (unpaired) electrons. The molecule has 2 aliphatic heterocycles. The fourth-order valence-corrected chi connectivity index (χ4v) is 3.19. The quantitative estimate of drug-likeness (QED) is 0.860. The van der Waals surface area contributed by atoms with Crippen LogP contribution < -0.4 is 14.8 Å². The number of benzene rings is 2.